The molecule has 0 atom stereocenters. The highest BCUT2D eigenvalue weighted by Gasteiger charge is 2.38. The molecule has 9 heteroatoms. The fourth-order valence-electron chi connectivity index (χ4n) is 3.14. The van der Waals surface area contributed by atoms with Gasteiger partial charge in [-0.15, -0.1) is 0 Å². The molecule has 0 aliphatic carbocycles. The van der Waals surface area contributed by atoms with Gasteiger partial charge < -0.3 is 10.0 Å². The van der Waals surface area contributed by atoms with Crippen molar-refractivity contribution in [2.75, 3.05) is 20.1 Å². The summed E-state index contributed by atoms with van der Waals surface area (Å²) in [6, 6.07) is 14.6. The van der Waals surface area contributed by atoms with Crippen LogP contribution in [0.1, 0.15) is 24.6 Å². The average Bonchev–Trinajstić information content (AvgIpc) is 3.12. The topological polar surface area (TPSA) is 70.7 Å². The Morgan fingerprint density at radius 2 is 1.69 bits per heavy atom. The average molecular weight is 406 g/mol. The summed E-state index contributed by atoms with van der Waals surface area (Å²) < 4.78 is 33.7. The second kappa shape index (κ2) is 8.60. The van der Waals surface area contributed by atoms with E-state index in [9.17, 15) is 13.2 Å². The van der Waals surface area contributed by atoms with Gasteiger partial charge in [-0.05, 0) is 50.7 Å². The molecule has 4 rings (SSSR count). The smallest absolute Gasteiger partial charge is 0.475 e. The van der Waals surface area contributed by atoms with Crippen LogP contribution >= 0.6 is 0 Å². The number of carboxylic acids is 1. The van der Waals surface area contributed by atoms with Crippen LogP contribution in [0.25, 0.3) is 16.8 Å². The summed E-state index contributed by atoms with van der Waals surface area (Å²) in [5.74, 6) is -1.26. The highest BCUT2D eigenvalue weighted by Crippen LogP contribution is 2.26. The van der Waals surface area contributed by atoms with Crippen molar-refractivity contribution < 1.29 is 23.1 Å². The van der Waals surface area contributed by atoms with Crippen molar-refractivity contribution in [3.05, 3.63) is 54.5 Å². The van der Waals surface area contributed by atoms with Gasteiger partial charge in [0.1, 0.15) is 0 Å². The molecule has 1 N–H and O–H groups in total. The lowest BCUT2D eigenvalue weighted by atomic mass is 9.97. The number of hydrogen-bond donors (Lipinski definition) is 1. The van der Waals surface area contributed by atoms with E-state index in [-0.39, 0.29) is 0 Å². The second-order valence-electron chi connectivity index (χ2n) is 6.94. The summed E-state index contributed by atoms with van der Waals surface area (Å²) in [4.78, 5) is 16.0. The molecule has 29 heavy (non-hydrogen) atoms. The number of aromatic nitrogens is 3. The maximum absolute atomic E-state index is 10.6. The fourth-order valence-corrected chi connectivity index (χ4v) is 3.14. The van der Waals surface area contributed by atoms with Crippen LogP contribution in [0, 0.1) is 0 Å². The third kappa shape index (κ3) is 5.32. The number of rotatable bonds is 2. The van der Waals surface area contributed by atoms with Gasteiger partial charge in [-0.25, -0.2) is 14.3 Å². The van der Waals surface area contributed by atoms with Gasteiger partial charge >= 0.3 is 12.1 Å². The van der Waals surface area contributed by atoms with Crippen LogP contribution in [0.3, 0.4) is 0 Å². The molecule has 1 fully saturated rings. The first-order chi connectivity index (χ1) is 13.7. The Hall–Kier alpha value is -2.94. The molecule has 0 bridgehead atoms. The SMILES string of the molecule is CN1CCC(c2nc3ccc(-c4ccccc4)cn3n2)CC1.O=C(O)C(F)(F)F. The largest absolute Gasteiger partial charge is 0.490 e. The first-order valence-corrected chi connectivity index (χ1v) is 9.14. The minimum absolute atomic E-state index is 0.497. The minimum atomic E-state index is -5.08. The van der Waals surface area contributed by atoms with E-state index in [1.54, 1.807) is 0 Å². The lowest BCUT2D eigenvalue weighted by Crippen LogP contribution is -2.29. The quantitative estimate of drug-likeness (QED) is 0.700. The van der Waals surface area contributed by atoms with Gasteiger partial charge in [-0.1, -0.05) is 30.3 Å². The van der Waals surface area contributed by atoms with Gasteiger partial charge in [0.15, 0.2) is 11.5 Å². The van der Waals surface area contributed by atoms with Crippen molar-refractivity contribution in [1.29, 1.82) is 0 Å². The maximum atomic E-state index is 10.6. The molecular formula is C20H21F3N4O2. The van der Waals surface area contributed by atoms with Crippen LogP contribution in [-0.2, 0) is 4.79 Å². The van der Waals surface area contributed by atoms with Crippen molar-refractivity contribution in [2.45, 2.75) is 24.9 Å². The minimum Gasteiger partial charge on any atom is -0.475 e. The molecule has 6 nitrogen and oxygen atoms in total. The molecule has 0 unspecified atom stereocenters. The second-order valence-corrected chi connectivity index (χ2v) is 6.94. The summed E-state index contributed by atoms with van der Waals surface area (Å²) in [6.07, 6.45) is -0.700. The Morgan fingerprint density at radius 3 is 2.28 bits per heavy atom. The van der Waals surface area contributed by atoms with Crippen LogP contribution in [-0.4, -0.2) is 56.9 Å². The summed E-state index contributed by atoms with van der Waals surface area (Å²) in [5.41, 5.74) is 3.32. The Balaban J connectivity index is 0.000000298. The number of aliphatic carboxylic acids is 1. The van der Waals surface area contributed by atoms with Crippen LogP contribution in [0.4, 0.5) is 13.2 Å². The summed E-state index contributed by atoms with van der Waals surface area (Å²) in [5, 5.41) is 11.9. The third-order valence-corrected chi connectivity index (χ3v) is 4.78. The summed E-state index contributed by atoms with van der Waals surface area (Å²) in [6.45, 7) is 2.27. The Bertz CT molecular complexity index is 965. The van der Waals surface area contributed by atoms with Gasteiger partial charge in [0.05, 0.1) is 0 Å². The number of benzene rings is 1. The van der Waals surface area contributed by atoms with Gasteiger partial charge in [0.25, 0.3) is 0 Å². The molecule has 1 aliphatic heterocycles. The van der Waals surface area contributed by atoms with Gasteiger partial charge in [-0.3, -0.25) is 0 Å². The van der Waals surface area contributed by atoms with Crippen LogP contribution in [0.2, 0.25) is 0 Å². The number of carbonyl (C=O) groups is 1. The van der Waals surface area contributed by atoms with Gasteiger partial charge in [0.2, 0.25) is 0 Å². The highest BCUT2D eigenvalue weighted by atomic mass is 19.4. The van der Waals surface area contributed by atoms with E-state index >= 15 is 0 Å². The number of alkyl halides is 3. The van der Waals surface area contributed by atoms with E-state index < -0.39 is 12.1 Å². The number of fused-ring (bicyclic) bond motifs is 1. The number of halogens is 3. The van der Waals surface area contributed by atoms with Crippen molar-refractivity contribution in [3.8, 4) is 11.1 Å². The zero-order valence-corrected chi connectivity index (χ0v) is 15.8. The summed E-state index contributed by atoms with van der Waals surface area (Å²) >= 11 is 0. The zero-order chi connectivity index (χ0) is 21.0. The van der Waals surface area contributed by atoms with E-state index in [1.807, 2.05) is 10.6 Å². The Labute approximate surface area is 165 Å². The molecule has 1 aliphatic rings. The van der Waals surface area contributed by atoms with Crippen LogP contribution in [0.15, 0.2) is 48.7 Å². The normalized spacial score (nSPS) is 15.7. The number of hydrogen-bond acceptors (Lipinski definition) is 4. The first kappa shape index (κ1) is 20.8. The lowest BCUT2D eigenvalue weighted by molar-refractivity contribution is -0.192. The molecule has 3 aromatic rings. The predicted octanol–water partition coefficient (Wildman–Crippen LogP) is 3.84. The Morgan fingerprint density at radius 1 is 1.07 bits per heavy atom. The van der Waals surface area contributed by atoms with E-state index in [1.165, 1.54) is 11.1 Å². The van der Waals surface area contributed by atoms with Crippen molar-refractivity contribution >= 4 is 11.6 Å². The lowest BCUT2D eigenvalue weighted by Gasteiger charge is -2.26. The fraction of sp³-hybridized carbons (Fsp3) is 0.350. The maximum Gasteiger partial charge on any atom is 0.490 e. The van der Waals surface area contributed by atoms with E-state index in [0.29, 0.717) is 5.92 Å². The molecule has 2 aromatic heterocycles. The van der Waals surface area contributed by atoms with E-state index in [4.69, 9.17) is 20.0 Å². The molecule has 1 aromatic carbocycles. The predicted molar refractivity (Wildman–Crippen MR) is 102 cm³/mol. The third-order valence-electron chi connectivity index (χ3n) is 4.78. The van der Waals surface area contributed by atoms with Crippen molar-refractivity contribution in [1.82, 2.24) is 19.5 Å². The van der Waals surface area contributed by atoms with Crippen LogP contribution in [0.5, 0.6) is 0 Å². The summed E-state index contributed by atoms with van der Waals surface area (Å²) in [7, 11) is 2.18. The molecule has 0 radical (unpaired) electrons. The van der Waals surface area contributed by atoms with E-state index in [0.717, 1.165) is 37.4 Å². The Kier molecular flexibility index (Phi) is 6.17. The standard InChI is InChI=1S/C18H20N4.C2HF3O2/c1-21-11-9-15(10-12-21)18-19-17-8-7-16(13-22(17)20-18)14-5-3-2-4-6-14;3-2(4,5)1(6)7/h2-8,13,15H,9-12H2,1H3;(H,6,7). The van der Waals surface area contributed by atoms with Crippen molar-refractivity contribution in [2.24, 2.45) is 0 Å². The molecule has 3 heterocycles. The number of nitrogens with zero attached hydrogens (tertiary/aromatic N) is 4. The number of likely N-dealkylation sites (tertiary alicyclic amines) is 1. The number of pyridine rings is 1. The van der Waals surface area contributed by atoms with Crippen molar-refractivity contribution in [3.63, 3.8) is 0 Å². The monoisotopic (exact) mass is 406 g/mol. The van der Waals surface area contributed by atoms with Crippen LogP contribution < -0.4 is 0 Å². The van der Waals surface area contributed by atoms with E-state index in [2.05, 4.69) is 54.5 Å². The molecule has 154 valence electrons. The molecule has 0 amide bonds. The van der Waals surface area contributed by atoms with Gasteiger partial charge in [-0.2, -0.15) is 18.3 Å². The molecular weight excluding hydrogens is 385 g/mol. The molecule has 0 saturated carbocycles. The highest BCUT2D eigenvalue weighted by molar-refractivity contribution is 5.73. The number of piperidine rings is 1. The first-order valence-electron chi connectivity index (χ1n) is 9.14. The molecule has 1 saturated heterocycles. The van der Waals surface area contributed by atoms with Gasteiger partial charge in [0, 0.05) is 17.7 Å². The molecule has 0 spiro atoms. The number of carboxylic acid groups (broad SMARTS) is 1. The zero-order valence-electron chi connectivity index (χ0n) is 15.8.